The minimum absolute atomic E-state index is 0.0551. The van der Waals surface area contributed by atoms with Crippen LogP contribution in [0.5, 0.6) is 0 Å². The summed E-state index contributed by atoms with van der Waals surface area (Å²) in [6.45, 7) is 4.68. The molecule has 1 saturated carbocycles. The van der Waals surface area contributed by atoms with Gasteiger partial charge < -0.3 is 4.90 Å². The molecule has 1 aromatic rings. The molecule has 1 amide bonds. The lowest BCUT2D eigenvalue weighted by Gasteiger charge is -2.47. The zero-order valence-corrected chi connectivity index (χ0v) is 16.4. The molecule has 1 spiro atoms. The fourth-order valence-electron chi connectivity index (χ4n) is 4.25. The van der Waals surface area contributed by atoms with Crippen molar-refractivity contribution < 1.29 is 13.2 Å². The van der Waals surface area contributed by atoms with E-state index in [1.165, 1.54) is 24.2 Å². The molecular formula is C18H26N2O3S2. The number of sulfonamides is 1. The fraction of sp³-hybridized carbons (Fsp3) is 0.722. The maximum absolute atomic E-state index is 13.0. The van der Waals surface area contributed by atoms with Crippen molar-refractivity contribution in [2.75, 3.05) is 26.2 Å². The second-order valence-electron chi connectivity index (χ2n) is 8.10. The second-order valence-corrected chi connectivity index (χ2v) is 11.2. The highest BCUT2D eigenvalue weighted by molar-refractivity contribution is 7.91. The van der Waals surface area contributed by atoms with Gasteiger partial charge in [0.05, 0.1) is 0 Å². The van der Waals surface area contributed by atoms with E-state index < -0.39 is 10.0 Å². The van der Waals surface area contributed by atoms with Crippen molar-refractivity contribution in [2.45, 2.75) is 49.7 Å². The Hall–Kier alpha value is -0.920. The van der Waals surface area contributed by atoms with Crippen LogP contribution in [0.25, 0.3) is 0 Å². The number of carbonyl (C=O) groups is 1. The molecule has 5 nitrogen and oxygen atoms in total. The van der Waals surface area contributed by atoms with E-state index in [-0.39, 0.29) is 11.3 Å². The topological polar surface area (TPSA) is 57.7 Å². The SMILES string of the molecule is Cc1csc(S(=O)(=O)N2CCC[C@]3(CCC(=O)N(CC4CC4)C3)C2)c1. The second kappa shape index (κ2) is 6.35. The quantitative estimate of drug-likeness (QED) is 0.805. The molecule has 1 aliphatic carbocycles. The summed E-state index contributed by atoms with van der Waals surface area (Å²) < 4.78 is 28.2. The Kier molecular flexibility index (Phi) is 4.45. The number of nitrogens with zero attached hydrogens (tertiary/aromatic N) is 2. The molecule has 3 fully saturated rings. The Labute approximate surface area is 154 Å². The highest BCUT2D eigenvalue weighted by atomic mass is 32.2. The van der Waals surface area contributed by atoms with Crippen LogP contribution >= 0.6 is 11.3 Å². The van der Waals surface area contributed by atoms with Crippen LogP contribution in [0.2, 0.25) is 0 Å². The summed E-state index contributed by atoms with van der Waals surface area (Å²) in [6, 6.07) is 1.77. The van der Waals surface area contributed by atoms with Gasteiger partial charge in [-0.3, -0.25) is 4.79 Å². The van der Waals surface area contributed by atoms with Gasteiger partial charge in [-0.15, -0.1) is 11.3 Å². The average molecular weight is 383 g/mol. The average Bonchev–Trinajstić information content (AvgIpc) is 3.28. The monoisotopic (exact) mass is 382 g/mol. The third-order valence-electron chi connectivity index (χ3n) is 5.85. The maximum atomic E-state index is 13.0. The molecule has 7 heteroatoms. The largest absolute Gasteiger partial charge is 0.342 e. The molecule has 3 heterocycles. The number of carbonyl (C=O) groups excluding carboxylic acids is 1. The standard InChI is InChI=1S/C18H26N2O3S2/c1-14-9-17(24-11-14)25(22,23)20-8-2-6-18(13-20)7-5-16(21)19(12-18)10-15-3-4-15/h9,11,15H,2-8,10,12-13H2,1H3/t18-/m1/s1. The predicted molar refractivity (Wildman–Crippen MR) is 98.0 cm³/mol. The predicted octanol–water partition coefficient (Wildman–Crippen LogP) is 2.86. The highest BCUT2D eigenvalue weighted by Gasteiger charge is 2.45. The van der Waals surface area contributed by atoms with Crippen molar-refractivity contribution in [3.8, 4) is 0 Å². The number of thiophene rings is 1. The van der Waals surface area contributed by atoms with Gasteiger partial charge in [0.1, 0.15) is 4.21 Å². The zero-order chi connectivity index (χ0) is 17.7. The van der Waals surface area contributed by atoms with Crippen molar-refractivity contribution in [1.82, 2.24) is 9.21 Å². The molecule has 0 bridgehead atoms. The summed E-state index contributed by atoms with van der Waals surface area (Å²) in [4.78, 5) is 14.3. The van der Waals surface area contributed by atoms with Crippen LogP contribution in [0.3, 0.4) is 0 Å². The van der Waals surface area contributed by atoms with Crippen molar-refractivity contribution >= 4 is 27.3 Å². The lowest BCUT2D eigenvalue weighted by atomic mass is 9.74. The Morgan fingerprint density at radius 3 is 2.76 bits per heavy atom. The molecule has 3 aliphatic rings. The van der Waals surface area contributed by atoms with Gasteiger partial charge in [-0.25, -0.2) is 8.42 Å². The Balaban J connectivity index is 1.52. The third kappa shape index (κ3) is 3.51. The third-order valence-corrected chi connectivity index (χ3v) is 9.23. The van der Waals surface area contributed by atoms with Gasteiger partial charge in [-0.2, -0.15) is 4.31 Å². The van der Waals surface area contributed by atoms with E-state index in [4.69, 9.17) is 0 Å². The first-order valence-electron chi connectivity index (χ1n) is 9.21. The van der Waals surface area contributed by atoms with E-state index in [1.807, 2.05) is 17.2 Å². The number of piperidine rings is 2. The van der Waals surface area contributed by atoms with Crippen LogP contribution in [-0.4, -0.2) is 49.7 Å². The normalized spacial score (nSPS) is 28.7. The first-order chi connectivity index (χ1) is 11.9. The van der Waals surface area contributed by atoms with Gasteiger partial charge in [-0.05, 0) is 62.0 Å². The molecule has 2 saturated heterocycles. The molecule has 0 N–H and O–H groups in total. The van der Waals surface area contributed by atoms with Gasteiger partial charge in [0.15, 0.2) is 0 Å². The van der Waals surface area contributed by atoms with Gasteiger partial charge in [-0.1, -0.05) is 0 Å². The summed E-state index contributed by atoms with van der Waals surface area (Å²) in [7, 11) is -3.41. The molecule has 1 atom stereocenters. The van der Waals surface area contributed by atoms with Gasteiger partial charge in [0.25, 0.3) is 10.0 Å². The van der Waals surface area contributed by atoms with E-state index >= 15 is 0 Å². The molecule has 0 aromatic carbocycles. The Morgan fingerprint density at radius 2 is 2.08 bits per heavy atom. The van der Waals surface area contributed by atoms with E-state index in [2.05, 4.69) is 0 Å². The summed E-state index contributed by atoms with van der Waals surface area (Å²) in [5.74, 6) is 0.933. The molecule has 0 unspecified atom stereocenters. The lowest BCUT2D eigenvalue weighted by Crippen LogP contribution is -2.55. The first kappa shape index (κ1) is 17.5. The number of amides is 1. The molecule has 138 valence electrons. The smallest absolute Gasteiger partial charge is 0.252 e. The van der Waals surface area contributed by atoms with Crippen LogP contribution in [0.15, 0.2) is 15.7 Å². The van der Waals surface area contributed by atoms with Gasteiger partial charge in [0, 0.05) is 38.0 Å². The summed E-state index contributed by atoms with van der Waals surface area (Å²) >= 11 is 1.31. The number of likely N-dealkylation sites (tertiary alicyclic amines) is 1. The maximum Gasteiger partial charge on any atom is 0.252 e. The first-order valence-corrected chi connectivity index (χ1v) is 11.5. The van der Waals surface area contributed by atoms with Crippen molar-refractivity contribution in [1.29, 1.82) is 0 Å². The molecule has 2 aliphatic heterocycles. The fourth-order valence-corrected chi connectivity index (χ4v) is 7.22. The number of aryl methyl sites for hydroxylation is 1. The minimum Gasteiger partial charge on any atom is -0.342 e. The van der Waals surface area contributed by atoms with Crippen LogP contribution < -0.4 is 0 Å². The summed E-state index contributed by atoms with van der Waals surface area (Å²) in [5.41, 5.74) is 0.939. The zero-order valence-electron chi connectivity index (χ0n) is 14.7. The van der Waals surface area contributed by atoms with E-state index in [0.717, 1.165) is 37.9 Å². The van der Waals surface area contributed by atoms with Crippen LogP contribution in [-0.2, 0) is 14.8 Å². The van der Waals surface area contributed by atoms with Crippen LogP contribution in [0, 0.1) is 18.3 Å². The van der Waals surface area contributed by atoms with E-state index in [0.29, 0.717) is 29.6 Å². The Bertz CT molecular complexity index is 769. The van der Waals surface area contributed by atoms with Gasteiger partial charge >= 0.3 is 0 Å². The van der Waals surface area contributed by atoms with Crippen LogP contribution in [0.4, 0.5) is 0 Å². The van der Waals surface area contributed by atoms with E-state index in [9.17, 15) is 13.2 Å². The highest BCUT2D eigenvalue weighted by Crippen LogP contribution is 2.42. The minimum atomic E-state index is -3.41. The molecule has 4 rings (SSSR count). The number of hydrogen-bond donors (Lipinski definition) is 0. The number of hydrogen-bond acceptors (Lipinski definition) is 4. The van der Waals surface area contributed by atoms with Crippen LogP contribution in [0.1, 0.15) is 44.1 Å². The molecular weight excluding hydrogens is 356 g/mol. The van der Waals surface area contributed by atoms with Crippen molar-refractivity contribution in [3.63, 3.8) is 0 Å². The molecule has 0 radical (unpaired) electrons. The molecule has 25 heavy (non-hydrogen) atoms. The Morgan fingerprint density at radius 1 is 1.28 bits per heavy atom. The van der Waals surface area contributed by atoms with Crippen molar-refractivity contribution in [2.24, 2.45) is 11.3 Å². The number of rotatable bonds is 4. The summed E-state index contributed by atoms with van der Waals surface area (Å²) in [5, 5.41) is 1.89. The van der Waals surface area contributed by atoms with Crippen molar-refractivity contribution in [3.05, 3.63) is 17.0 Å². The van der Waals surface area contributed by atoms with Gasteiger partial charge in [0.2, 0.25) is 5.91 Å². The van der Waals surface area contributed by atoms with E-state index in [1.54, 1.807) is 10.4 Å². The summed E-state index contributed by atoms with van der Waals surface area (Å²) in [6.07, 6.45) is 5.76. The molecule has 1 aromatic heterocycles. The lowest BCUT2D eigenvalue weighted by molar-refractivity contribution is -0.139.